The van der Waals surface area contributed by atoms with Gasteiger partial charge in [0.25, 0.3) is 5.91 Å². The van der Waals surface area contributed by atoms with Crippen molar-refractivity contribution in [3.05, 3.63) is 34.6 Å². The fourth-order valence-electron chi connectivity index (χ4n) is 4.81. The number of Topliss-reactive ketones (excluding diaryl/α,β-unsaturated/α-hetero) is 2. The number of hydrogen-bond acceptors (Lipinski definition) is 8. The molecular weight excluding hydrogens is 368 g/mol. The fraction of sp³-hybridized carbons (Fsp3) is 0.444. The van der Waals surface area contributed by atoms with Gasteiger partial charge >= 0.3 is 0 Å². The van der Waals surface area contributed by atoms with E-state index in [4.69, 9.17) is 5.73 Å². The number of ketones is 2. The lowest BCUT2D eigenvalue weighted by Gasteiger charge is -2.49. The molecule has 0 aromatic carbocycles. The molecule has 6 N–H and O–H groups in total. The van der Waals surface area contributed by atoms with Gasteiger partial charge in [0.15, 0.2) is 11.4 Å². The van der Waals surface area contributed by atoms with E-state index in [2.05, 4.69) is 9.97 Å². The van der Waals surface area contributed by atoms with Gasteiger partial charge < -0.3 is 26.0 Å². The molecular formula is C18H20N4O6. The first kappa shape index (κ1) is 18.4. The summed E-state index contributed by atoms with van der Waals surface area (Å²) in [6.45, 7) is 0. The molecule has 1 saturated carbocycles. The molecule has 1 aromatic rings. The zero-order valence-corrected chi connectivity index (χ0v) is 15.3. The quantitative estimate of drug-likeness (QED) is 0.401. The van der Waals surface area contributed by atoms with Crippen molar-refractivity contribution >= 4 is 23.2 Å². The maximum Gasteiger partial charge on any atom is 0.255 e. The molecule has 1 fully saturated rings. The van der Waals surface area contributed by atoms with Gasteiger partial charge in [-0.25, -0.2) is 4.98 Å². The van der Waals surface area contributed by atoms with Gasteiger partial charge in [-0.05, 0) is 32.9 Å². The molecule has 10 nitrogen and oxygen atoms in total. The highest BCUT2D eigenvalue weighted by atomic mass is 16.3. The molecule has 28 heavy (non-hydrogen) atoms. The van der Waals surface area contributed by atoms with Crippen molar-refractivity contribution in [2.75, 3.05) is 14.1 Å². The minimum absolute atomic E-state index is 0.0689. The lowest BCUT2D eigenvalue weighted by atomic mass is 9.58. The molecule has 0 saturated heterocycles. The normalized spacial score (nSPS) is 32.4. The molecule has 4 atom stereocenters. The van der Waals surface area contributed by atoms with E-state index in [9.17, 15) is 29.7 Å². The van der Waals surface area contributed by atoms with E-state index in [-0.39, 0.29) is 23.4 Å². The minimum atomic E-state index is -2.54. The van der Waals surface area contributed by atoms with Crippen LogP contribution in [0.2, 0.25) is 0 Å². The number of primary amides is 1. The molecule has 4 rings (SSSR count). The molecule has 148 valence electrons. The van der Waals surface area contributed by atoms with Crippen molar-refractivity contribution in [1.82, 2.24) is 14.9 Å². The number of carbonyl (C=O) groups is 3. The summed E-state index contributed by atoms with van der Waals surface area (Å²) in [6, 6.07) is -1.04. The van der Waals surface area contributed by atoms with Crippen LogP contribution < -0.4 is 5.73 Å². The third-order valence-electron chi connectivity index (χ3n) is 6.02. The Labute approximate surface area is 159 Å². The van der Waals surface area contributed by atoms with Gasteiger partial charge in [0.05, 0.1) is 12.4 Å². The van der Waals surface area contributed by atoms with Crippen molar-refractivity contribution in [3.8, 4) is 0 Å². The van der Waals surface area contributed by atoms with Crippen LogP contribution in [0, 0.1) is 11.8 Å². The first-order valence-corrected chi connectivity index (χ1v) is 8.77. The SMILES string of the molecule is CN(C)[C@@H]1C(=O)C(C(N)=O)=C(O)[C@@]2(O)C(=O)C3=C(O)c4nc[nH]c4C[C@H]3C[C@@H]12. The van der Waals surface area contributed by atoms with Crippen LogP contribution in [0.1, 0.15) is 17.8 Å². The summed E-state index contributed by atoms with van der Waals surface area (Å²) in [5.41, 5.74) is 2.70. The summed E-state index contributed by atoms with van der Waals surface area (Å²) in [5, 5.41) is 32.5. The zero-order valence-electron chi connectivity index (χ0n) is 15.3. The van der Waals surface area contributed by atoms with Gasteiger partial charge in [-0.1, -0.05) is 0 Å². The van der Waals surface area contributed by atoms with Gasteiger partial charge in [-0.2, -0.15) is 0 Å². The van der Waals surface area contributed by atoms with Crippen molar-refractivity contribution in [2.45, 2.75) is 24.5 Å². The van der Waals surface area contributed by atoms with Gasteiger partial charge in [-0.15, -0.1) is 0 Å². The third kappa shape index (κ3) is 2.09. The number of rotatable bonds is 2. The monoisotopic (exact) mass is 388 g/mol. The van der Waals surface area contributed by atoms with E-state index >= 15 is 0 Å². The Hall–Kier alpha value is -2.98. The molecule has 0 aliphatic heterocycles. The highest BCUT2D eigenvalue weighted by molar-refractivity contribution is 6.24. The number of aromatic amines is 1. The van der Waals surface area contributed by atoms with E-state index in [1.165, 1.54) is 11.2 Å². The average molecular weight is 388 g/mol. The Bertz CT molecular complexity index is 990. The lowest BCUT2D eigenvalue weighted by molar-refractivity contribution is -0.153. The molecule has 3 aliphatic carbocycles. The number of aliphatic hydroxyl groups is 3. The molecule has 1 amide bonds. The summed E-state index contributed by atoms with van der Waals surface area (Å²) >= 11 is 0. The minimum Gasteiger partial charge on any atom is -0.508 e. The molecule has 1 heterocycles. The smallest absolute Gasteiger partial charge is 0.255 e. The number of nitrogens with zero attached hydrogens (tertiary/aromatic N) is 2. The highest BCUT2D eigenvalue weighted by Crippen LogP contribution is 2.51. The summed E-state index contributed by atoms with van der Waals surface area (Å²) in [6.07, 6.45) is 1.87. The number of nitrogens with one attached hydrogen (secondary N) is 1. The van der Waals surface area contributed by atoms with Crippen LogP contribution in [-0.2, 0) is 20.8 Å². The van der Waals surface area contributed by atoms with Crippen molar-refractivity contribution < 1.29 is 29.7 Å². The zero-order chi connectivity index (χ0) is 20.5. The standard InChI is InChI=1S/C18H20N4O6/c1-22(2)12-7-3-6-4-8-11(21-5-20-8)13(23)9(6)15(25)18(7,28)16(26)10(14(12)24)17(19)27/h5-7,12,23,26,28H,3-4H2,1-2H3,(H2,19,27)(H,20,21)/t6-,7+,12+,18+/m1/s1. The van der Waals surface area contributed by atoms with E-state index in [0.29, 0.717) is 12.1 Å². The average Bonchev–Trinajstić information content (AvgIpc) is 3.06. The second-order valence-electron chi connectivity index (χ2n) is 7.69. The van der Waals surface area contributed by atoms with Gasteiger partial charge in [0, 0.05) is 17.2 Å². The van der Waals surface area contributed by atoms with Gasteiger partial charge in [0.1, 0.15) is 22.8 Å². The summed E-state index contributed by atoms with van der Waals surface area (Å²) in [5.74, 6) is -5.85. The topological polar surface area (TPSA) is 170 Å². The Morgan fingerprint density at radius 1 is 1.36 bits per heavy atom. The Kier molecular flexibility index (Phi) is 3.78. The van der Waals surface area contributed by atoms with E-state index in [1.54, 1.807) is 14.1 Å². The predicted molar refractivity (Wildman–Crippen MR) is 94.7 cm³/mol. The summed E-state index contributed by atoms with van der Waals surface area (Å²) in [7, 11) is 3.15. The maximum absolute atomic E-state index is 13.3. The lowest BCUT2D eigenvalue weighted by Crippen LogP contribution is -2.65. The number of fused-ring (bicyclic) bond motifs is 3. The maximum atomic E-state index is 13.3. The first-order chi connectivity index (χ1) is 13.1. The number of aromatic nitrogens is 2. The number of hydrogen-bond donors (Lipinski definition) is 5. The summed E-state index contributed by atoms with van der Waals surface area (Å²) < 4.78 is 0. The molecule has 1 aromatic heterocycles. The van der Waals surface area contributed by atoms with Crippen LogP contribution in [0.4, 0.5) is 0 Å². The fourth-order valence-corrected chi connectivity index (χ4v) is 4.81. The number of H-pyrrole nitrogens is 1. The van der Waals surface area contributed by atoms with Crippen LogP contribution in [0.25, 0.3) is 5.76 Å². The van der Waals surface area contributed by atoms with E-state index in [1.807, 2.05) is 0 Å². The van der Waals surface area contributed by atoms with Crippen LogP contribution >= 0.6 is 0 Å². The van der Waals surface area contributed by atoms with Crippen molar-refractivity contribution in [1.29, 1.82) is 0 Å². The number of imidazole rings is 1. The van der Waals surface area contributed by atoms with Crippen molar-refractivity contribution in [2.24, 2.45) is 17.6 Å². The van der Waals surface area contributed by atoms with Crippen LogP contribution in [-0.4, -0.2) is 73.4 Å². The number of amides is 1. The Balaban J connectivity index is 1.96. The molecule has 10 heteroatoms. The Morgan fingerprint density at radius 3 is 2.64 bits per heavy atom. The van der Waals surface area contributed by atoms with Crippen LogP contribution in [0.15, 0.2) is 23.2 Å². The Morgan fingerprint density at radius 2 is 2.04 bits per heavy atom. The van der Waals surface area contributed by atoms with E-state index in [0.717, 1.165) is 0 Å². The predicted octanol–water partition coefficient (Wildman–Crippen LogP) is -1.02. The molecule has 0 radical (unpaired) electrons. The number of carbonyl (C=O) groups excluding carboxylic acids is 3. The first-order valence-electron chi connectivity index (χ1n) is 8.77. The summed E-state index contributed by atoms with van der Waals surface area (Å²) in [4.78, 5) is 46.4. The molecule has 0 spiro atoms. The second kappa shape index (κ2) is 5.76. The van der Waals surface area contributed by atoms with Crippen LogP contribution in [0.5, 0.6) is 0 Å². The third-order valence-corrected chi connectivity index (χ3v) is 6.02. The molecule has 3 aliphatic rings. The second-order valence-corrected chi connectivity index (χ2v) is 7.69. The van der Waals surface area contributed by atoms with Crippen molar-refractivity contribution in [3.63, 3.8) is 0 Å². The largest absolute Gasteiger partial charge is 0.508 e. The highest BCUT2D eigenvalue weighted by Gasteiger charge is 2.64. The van der Waals surface area contributed by atoms with Gasteiger partial charge in [-0.3, -0.25) is 19.3 Å². The number of aliphatic hydroxyl groups excluding tert-OH is 2. The number of likely N-dealkylation sites (N-methyl/N-ethyl adjacent to an activating group) is 1. The van der Waals surface area contributed by atoms with Gasteiger partial charge in [0.2, 0.25) is 5.78 Å². The van der Waals surface area contributed by atoms with E-state index < -0.39 is 52.3 Å². The molecule has 0 bridgehead atoms. The number of nitrogens with two attached hydrogens (primary N) is 1. The molecule has 0 unspecified atom stereocenters. The van der Waals surface area contributed by atoms with Crippen LogP contribution in [0.3, 0.4) is 0 Å².